The quantitative estimate of drug-likeness (QED) is 0.928. The number of para-hydroxylation sites is 1. The lowest BCUT2D eigenvalue weighted by molar-refractivity contribution is 0.102. The Hall–Kier alpha value is -2.43. The van der Waals surface area contributed by atoms with E-state index >= 15 is 0 Å². The van der Waals surface area contributed by atoms with E-state index in [0.29, 0.717) is 5.69 Å². The SMILES string of the molecule is O=C(Nc1ccccc1)c1cnc(N2CCCC2)cn1. The largest absolute Gasteiger partial charge is 0.355 e. The molecule has 1 fully saturated rings. The molecule has 20 heavy (non-hydrogen) atoms. The van der Waals surface area contributed by atoms with Gasteiger partial charge < -0.3 is 10.2 Å². The van der Waals surface area contributed by atoms with Crippen molar-refractivity contribution < 1.29 is 4.79 Å². The number of hydrogen-bond donors (Lipinski definition) is 1. The van der Waals surface area contributed by atoms with Crippen molar-refractivity contribution in [2.24, 2.45) is 0 Å². The van der Waals surface area contributed by atoms with Crippen LogP contribution in [0.1, 0.15) is 23.3 Å². The van der Waals surface area contributed by atoms with Gasteiger partial charge in [-0.15, -0.1) is 0 Å². The van der Waals surface area contributed by atoms with Crippen LogP contribution >= 0.6 is 0 Å². The van der Waals surface area contributed by atoms with E-state index < -0.39 is 0 Å². The number of aromatic nitrogens is 2. The Bertz CT molecular complexity index is 577. The van der Waals surface area contributed by atoms with Gasteiger partial charge in [-0.1, -0.05) is 18.2 Å². The van der Waals surface area contributed by atoms with Gasteiger partial charge in [-0.3, -0.25) is 4.79 Å². The molecule has 2 aromatic rings. The number of benzene rings is 1. The minimum atomic E-state index is -0.239. The molecule has 1 amide bonds. The predicted molar refractivity (Wildman–Crippen MR) is 77.9 cm³/mol. The molecule has 1 aromatic heterocycles. The Morgan fingerprint density at radius 1 is 1.05 bits per heavy atom. The lowest BCUT2D eigenvalue weighted by atomic mass is 10.3. The Kier molecular flexibility index (Phi) is 3.58. The molecular weight excluding hydrogens is 252 g/mol. The zero-order chi connectivity index (χ0) is 13.8. The van der Waals surface area contributed by atoms with Crippen molar-refractivity contribution >= 4 is 17.4 Å². The molecule has 1 aliphatic heterocycles. The maximum absolute atomic E-state index is 12.0. The van der Waals surface area contributed by atoms with Gasteiger partial charge in [0.25, 0.3) is 5.91 Å². The second-order valence-electron chi connectivity index (χ2n) is 4.77. The van der Waals surface area contributed by atoms with Crippen molar-refractivity contribution in [2.75, 3.05) is 23.3 Å². The Labute approximate surface area is 117 Å². The molecule has 1 aromatic carbocycles. The zero-order valence-electron chi connectivity index (χ0n) is 11.1. The van der Waals surface area contributed by atoms with E-state index in [1.165, 1.54) is 19.0 Å². The smallest absolute Gasteiger partial charge is 0.275 e. The molecule has 0 atom stereocenters. The highest BCUT2D eigenvalue weighted by molar-refractivity contribution is 6.02. The first-order valence-corrected chi connectivity index (χ1v) is 6.76. The second-order valence-corrected chi connectivity index (χ2v) is 4.77. The van der Waals surface area contributed by atoms with Crippen molar-refractivity contribution in [3.8, 4) is 0 Å². The van der Waals surface area contributed by atoms with E-state index in [4.69, 9.17) is 0 Å². The minimum absolute atomic E-state index is 0.239. The molecule has 2 heterocycles. The van der Waals surface area contributed by atoms with E-state index in [-0.39, 0.29) is 5.91 Å². The van der Waals surface area contributed by atoms with Crippen molar-refractivity contribution in [1.29, 1.82) is 0 Å². The van der Waals surface area contributed by atoms with Crippen LogP contribution in [-0.2, 0) is 0 Å². The van der Waals surface area contributed by atoms with Crippen LogP contribution in [0.15, 0.2) is 42.7 Å². The van der Waals surface area contributed by atoms with Crippen LogP contribution in [0.2, 0.25) is 0 Å². The summed E-state index contributed by atoms with van der Waals surface area (Å²) in [5, 5.41) is 2.79. The summed E-state index contributed by atoms with van der Waals surface area (Å²) in [7, 11) is 0. The van der Waals surface area contributed by atoms with Gasteiger partial charge in [-0.2, -0.15) is 0 Å². The molecule has 0 bridgehead atoms. The molecule has 0 aliphatic carbocycles. The fraction of sp³-hybridized carbons (Fsp3) is 0.267. The third-order valence-electron chi connectivity index (χ3n) is 3.33. The van der Waals surface area contributed by atoms with E-state index in [0.717, 1.165) is 24.6 Å². The van der Waals surface area contributed by atoms with E-state index in [1.54, 1.807) is 6.20 Å². The van der Waals surface area contributed by atoms with Gasteiger partial charge in [0.15, 0.2) is 0 Å². The summed E-state index contributed by atoms with van der Waals surface area (Å²) in [5.41, 5.74) is 1.08. The van der Waals surface area contributed by atoms with Crippen LogP contribution in [0.3, 0.4) is 0 Å². The Morgan fingerprint density at radius 3 is 2.45 bits per heavy atom. The van der Waals surface area contributed by atoms with Crippen molar-refractivity contribution in [3.63, 3.8) is 0 Å². The molecule has 5 heteroatoms. The number of carbonyl (C=O) groups is 1. The molecule has 102 valence electrons. The predicted octanol–water partition coefficient (Wildman–Crippen LogP) is 2.33. The Morgan fingerprint density at radius 2 is 1.80 bits per heavy atom. The number of amides is 1. The number of nitrogens with one attached hydrogen (secondary N) is 1. The highest BCUT2D eigenvalue weighted by Crippen LogP contribution is 2.16. The monoisotopic (exact) mass is 268 g/mol. The molecule has 1 aliphatic rings. The average molecular weight is 268 g/mol. The van der Waals surface area contributed by atoms with Gasteiger partial charge in [0.1, 0.15) is 11.5 Å². The molecular formula is C15H16N4O. The molecule has 0 unspecified atom stereocenters. The fourth-order valence-corrected chi connectivity index (χ4v) is 2.26. The average Bonchev–Trinajstić information content (AvgIpc) is 3.03. The van der Waals surface area contributed by atoms with E-state index in [2.05, 4.69) is 20.2 Å². The van der Waals surface area contributed by atoms with Crippen LogP contribution in [-0.4, -0.2) is 29.0 Å². The lowest BCUT2D eigenvalue weighted by Crippen LogP contribution is -2.20. The summed E-state index contributed by atoms with van der Waals surface area (Å²) in [4.78, 5) is 22.7. The van der Waals surface area contributed by atoms with Crippen LogP contribution < -0.4 is 10.2 Å². The lowest BCUT2D eigenvalue weighted by Gasteiger charge is -2.15. The summed E-state index contributed by atoms with van der Waals surface area (Å²) in [5.74, 6) is 0.607. The topological polar surface area (TPSA) is 58.1 Å². The third kappa shape index (κ3) is 2.77. The van der Waals surface area contributed by atoms with Gasteiger partial charge in [-0.05, 0) is 25.0 Å². The summed E-state index contributed by atoms with van der Waals surface area (Å²) >= 11 is 0. The molecule has 0 radical (unpaired) electrons. The highest BCUT2D eigenvalue weighted by Gasteiger charge is 2.15. The molecule has 0 saturated carbocycles. The van der Waals surface area contributed by atoms with Gasteiger partial charge in [0.2, 0.25) is 0 Å². The molecule has 5 nitrogen and oxygen atoms in total. The zero-order valence-corrected chi connectivity index (χ0v) is 11.1. The summed E-state index contributed by atoms with van der Waals surface area (Å²) in [6.45, 7) is 2.04. The highest BCUT2D eigenvalue weighted by atomic mass is 16.1. The van der Waals surface area contributed by atoms with Crippen LogP contribution in [0, 0.1) is 0 Å². The Balaban J connectivity index is 1.69. The first-order valence-electron chi connectivity index (χ1n) is 6.76. The number of hydrogen-bond acceptors (Lipinski definition) is 4. The van der Waals surface area contributed by atoms with Crippen LogP contribution in [0.4, 0.5) is 11.5 Å². The number of rotatable bonds is 3. The van der Waals surface area contributed by atoms with Gasteiger partial charge in [0.05, 0.1) is 12.4 Å². The number of carbonyl (C=O) groups excluding carboxylic acids is 1. The van der Waals surface area contributed by atoms with Crippen molar-refractivity contribution in [3.05, 3.63) is 48.4 Å². The van der Waals surface area contributed by atoms with Crippen molar-refractivity contribution in [2.45, 2.75) is 12.8 Å². The summed E-state index contributed by atoms with van der Waals surface area (Å²) in [6, 6.07) is 9.32. The van der Waals surface area contributed by atoms with Crippen LogP contribution in [0.5, 0.6) is 0 Å². The van der Waals surface area contributed by atoms with E-state index in [1.807, 2.05) is 30.3 Å². The first-order chi connectivity index (χ1) is 9.83. The first kappa shape index (κ1) is 12.6. The van der Waals surface area contributed by atoms with E-state index in [9.17, 15) is 4.79 Å². The second kappa shape index (κ2) is 5.69. The standard InChI is InChI=1S/C15H16N4O/c20-15(18-12-6-2-1-3-7-12)13-10-17-14(11-16-13)19-8-4-5-9-19/h1-3,6-7,10-11H,4-5,8-9H2,(H,18,20). The third-order valence-corrected chi connectivity index (χ3v) is 3.33. The van der Waals surface area contributed by atoms with Crippen molar-refractivity contribution in [1.82, 2.24) is 9.97 Å². The van der Waals surface area contributed by atoms with Gasteiger partial charge in [0, 0.05) is 18.8 Å². The van der Waals surface area contributed by atoms with Crippen LogP contribution in [0.25, 0.3) is 0 Å². The summed E-state index contributed by atoms with van der Waals surface area (Å²) < 4.78 is 0. The number of anilines is 2. The molecule has 1 N–H and O–H groups in total. The summed E-state index contributed by atoms with van der Waals surface area (Å²) in [6.07, 6.45) is 5.59. The molecule has 0 spiro atoms. The maximum Gasteiger partial charge on any atom is 0.275 e. The van der Waals surface area contributed by atoms with Gasteiger partial charge in [-0.25, -0.2) is 9.97 Å². The number of nitrogens with zero attached hydrogens (tertiary/aromatic N) is 3. The maximum atomic E-state index is 12.0. The fourth-order valence-electron chi connectivity index (χ4n) is 2.26. The molecule has 1 saturated heterocycles. The minimum Gasteiger partial charge on any atom is -0.355 e. The van der Waals surface area contributed by atoms with Gasteiger partial charge >= 0.3 is 0 Å². The molecule has 3 rings (SSSR count). The normalized spacial score (nSPS) is 14.3.